The predicted molar refractivity (Wildman–Crippen MR) is 176 cm³/mol. The van der Waals surface area contributed by atoms with E-state index < -0.39 is 27.9 Å². The Morgan fingerprint density at radius 2 is 1.67 bits per heavy atom. The SMILES string of the molecule is CSCCC(NC(=O)c1ccc(CN(CCC2CCCCC2)S(=O)(=O)c2ccc(C)cc2)cc1-c1ccccc1C)C(=O)[O-].[Li+]. The van der Waals surface area contributed by atoms with Gasteiger partial charge in [0.2, 0.25) is 10.0 Å². The number of rotatable bonds is 14. The second-order valence-electron chi connectivity index (χ2n) is 11.8. The summed E-state index contributed by atoms with van der Waals surface area (Å²) >= 11 is 1.50. The third kappa shape index (κ3) is 9.97. The van der Waals surface area contributed by atoms with Crippen LogP contribution in [0, 0.1) is 19.8 Å². The molecule has 0 aliphatic heterocycles. The minimum atomic E-state index is -3.78. The molecule has 1 fully saturated rings. The number of carbonyl (C=O) groups excluding carboxylic acids is 2. The van der Waals surface area contributed by atoms with Crippen LogP contribution in [-0.2, 0) is 21.4 Å². The van der Waals surface area contributed by atoms with Gasteiger partial charge in [-0.1, -0.05) is 80.1 Å². The van der Waals surface area contributed by atoms with Gasteiger partial charge in [-0.3, -0.25) is 4.79 Å². The summed E-state index contributed by atoms with van der Waals surface area (Å²) in [5, 5.41) is 14.4. The fraction of sp³-hybridized carbons (Fsp3) is 0.429. The molecule has 0 spiro atoms. The maximum atomic E-state index is 14.0. The largest absolute Gasteiger partial charge is 1.00 e. The molecule has 3 aromatic rings. The van der Waals surface area contributed by atoms with Gasteiger partial charge in [-0.25, -0.2) is 8.42 Å². The van der Waals surface area contributed by atoms with E-state index in [1.54, 1.807) is 28.6 Å². The third-order valence-corrected chi connectivity index (χ3v) is 11.0. The summed E-state index contributed by atoms with van der Waals surface area (Å²) in [7, 11) is -3.78. The number of hydrogen-bond donors (Lipinski definition) is 1. The van der Waals surface area contributed by atoms with Crippen molar-refractivity contribution < 1.29 is 42.0 Å². The summed E-state index contributed by atoms with van der Waals surface area (Å²) in [5.74, 6) is -0.756. The zero-order valence-corrected chi connectivity index (χ0v) is 28.5. The predicted octanol–water partition coefficient (Wildman–Crippen LogP) is 2.74. The van der Waals surface area contributed by atoms with Gasteiger partial charge < -0.3 is 15.2 Å². The first kappa shape index (κ1) is 36.9. The van der Waals surface area contributed by atoms with E-state index in [1.807, 2.05) is 62.6 Å². The average Bonchev–Trinajstić information content (AvgIpc) is 3.01. The zero-order valence-electron chi connectivity index (χ0n) is 26.9. The Kier molecular flexibility index (Phi) is 14.3. The van der Waals surface area contributed by atoms with Crippen LogP contribution in [-0.4, -0.2) is 49.2 Å². The van der Waals surface area contributed by atoms with E-state index in [-0.39, 0.29) is 36.7 Å². The molecule has 1 amide bonds. The van der Waals surface area contributed by atoms with Crippen LogP contribution in [0.15, 0.2) is 71.6 Å². The number of nitrogens with one attached hydrogen (secondary N) is 1. The number of benzene rings is 3. The maximum Gasteiger partial charge on any atom is 1.00 e. The molecule has 1 N–H and O–H groups in total. The maximum absolute atomic E-state index is 14.0. The molecule has 3 aromatic carbocycles. The molecule has 1 aliphatic rings. The number of amides is 1. The van der Waals surface area contributed by atoms with Gasteiger partial charge in [0.05, 0.1) is 16.9 Å². The number of carboxylic acids is 1. The Balaban J connectivity index is 0.00000552. The minimum absolute atomic E-state index is 0. The van der Waals surface area contributed by atoms with Crippen LogP contribution >= 0.6 is 11.8 Å². The van der Waals surface area contributed by atoms with Crippen LogP contribution < -0.4 is 29.3 Å². The fourth-order valence-corrected chi connectivity index (χ4v) is 7.77. The van der Waals surface area contributed by atoms with Crippen molar-refractivity contribution in [3.8, 4) is 11.1 Å². The number of hydrogen-bond acceptors (Lipinski definition) is 6. The molecule has 1 saturated carbocycles. The fourth-order valence-electron chi connectivity index (χ4n) is 5.86. The summed E-state index contributed by atoms with van der Waals surface area (Å²) < 4.78 is 29.5. The topological polar surface area (TPSA) is 107 Å². The van der Waals surface area contributed by atoms with Crippen molar-refractivity contribution in [1.29, 1.82) is 0 Å². The Morgan fingerprint density at radius 1 is 0.978 bits per heavy atom. The number of carboxylic acid groups (broad SMARTS) is 1. The van der Waals surface area contributed by atoms with Crippen molar-refractivity contribution in [2.24, 2.45) is 5.92 Å². The van der Waals surface area contributed by atoms with Gasteiger partial charge in [-0.05, 0) is 91.1 Å². The van der Waals surface area contributed by atoms with Crippen LogP contribution in [0.25, 0.3) is 11.1 Å². The molecule has 0 radical (unpaired) electrons. The van der Waals surface area contributed by atoms with Crippen LogP contribution in [0.4, 0.5) is 0 Å². The van der Waals surface area contributed by atoms with Crippen molar-refractivity contribution in [2.45, 2.75) is 76.3 Å². The van der Waals surface area contributed by atoms with Gasteiger partial charge in [0.25, 0.3) is 5.91 Å². The second kappa shape index (κ2) is 17.4. The van der Waals surface area contributed by atoms with Gasteiger partial charge in [-0.2, -0.15) is 16.1 Å². The Bertz CT molecular complexity index is 1540. The van der Waals surface area contributed by atoms with Gasteiger partial charge in [-0.15, -0.1) is 0 Å². The van der Waals surface area contributed by atoms with Crippen LogP contribution in [0.1, 0.15) is 72.0 Å². The van der Waals surface area contributed by atoms with Crippen LogP contribution in [0.3, 0.4) is 0 Å². The van der Waals surface area contributed by atoms with Gasteiger partial charge >= 0.3 is 18.9 Å². The molecule has 1 unspecified atom stereocenters. The number of thioether (sulfide) groups is 1. The molecule has 1 atom stereocenters. The molecule has 10 heteroatoms. The average molecular weight is 643 g/mol. The molecule has 0 saturated heterocycles. The molecule has 0 aromatic heterocycles. The number of carbonyl (C=O) groups is 2. The number of nitrogens with zero attached hydrogens (tertiary/aromatic N) is 1. The van der Waals surface area contributed by atoms with Gasteiger partial charge in [0, 0.05) is 18.7 Å². The Morgan fingerprint density at radius 3 is 2.31 bits per heavy atom. The molecular formula is C35H43LiN2O5S2. The molecular weight excluding hydrogens is 599 g/mol. The molecule has 1 aliphatic carbocycles. The van der Waals surface area contributed by atoms with Gasteiger partial charge in [0.15, 0.2) is 0 Å². The quantitative estimate of drug-likeness (QED) is 0.271. The van der Waals surface area contributed by atoms with E-state index in [0.717, 1.165) is 41.5 Å². The van der Waals surface area contributed by atoms with E-state index in [9.17, 15) is 23.1 Å². The number of aliphatic carboxylic acids is 1. The summed E-state index contributed by atoms with van der Waals surface area (Å²) in [6.45, 7) is 4.44. The first-order valence-electron chi connectivity index (χ1n) is 15.4. The van der Waals surface area contributed by atoms with E-state index in [4.69, 9.17) is 0 Å². The standard InChI is InChI=1S/C35H44N2O5S2.Li/c1-25-13-16-29(17-14-25)44(41,42)37(21-19-27-10-5-4-6-11-27)24-28-15-18-31(32(23-28)30-12-8-7-9-26(30)2)34(38)36-33(35(39)40)20-22-43-3;/h7-9,12-18,23,27,33H,4-6,10-11,19-22,24H2,1-3H3,(H,36,38)(H,39,40);/q;+1/p-1. The summed E-state index contributed by atoms with van der Waals surface area (Å²) in [4.78, 5) is 25.5. The van der Waals surface area contributed by atoms with E-state index in [0.29, 0.717) is 29.3 Å². The van der Waals surface area contributed by atoms with E-state index in [2.05, 4.69) is 5.32 Å². The zero-order chi connectivity index (χ0) is 31.7. The minimum Gasteiger partial charge on any atom is -0.548 e. The van der Waals surface area contributed by atoms with Crippen LogP contribution in [0.5, 0.6) is 0 Å². The Hall–Kier alpha value is -2.54. The smallest absolute Gasteiger partial charge is 0.548 e. The van der Waals surface area contributed by atoms with Crippen LogP contribution in [0.2, 0.25) is 0 Å². The Labute approximate surface area is 284 Å². The molecule has 45 heavy (non-hydrogen) atoms. The van der Waals surface area contributed by atoms with E-state index >= 15 is 0 Å². The van der Waals surface area contributed by atoms with Crippen molar-refractivity contribution in [1.82, 2.24) is 9.62 Å². The van der Waals surface area contributed by atoms with E-state index in [1.165, 1.54) is 31.0 Å². The van der Waals surface area contributed by atoms with Crippen molar-refractivity contribution in [3.05, 3.63) is 89.0 Å². The molecule has 0 heterocycles. The summed E-state index contributed by atoms with van der Waals surface area (Å²) in [6.07, 6.45) is 8.80. The molecule has 4 rings (SSSR count). The number of aryl methyl sites for hydroxylation is 2. The molecule has 0 bridgehead atoms. The summed E-state index contributed by atoms with van der Waals surface area (Å²) in [6, 6.07) is 18.8. The normalized spacial score (nSPS) is 14.5. The molecule has 7 nitrogen and oxygen atoms in total. The third-order valence-electron chi connectivity index (χ3n) is 8.49. The summed E-state index contributed by atoms with van der Waals surface area (Å²) in [5.41, 5.74) is 4.46. The monoisotopic (exact) mass is 642 g/mol. The first-order chi connectivity index (χ1) is 21.1. The van der Waals surface area contributed by atoms with Crippen molar-refractivity contribution in [3.63, 3.8) is 0 Å². The van der Waals surface area contributed by atoms with Crippen molar-refractivity contribution in [2.75, 3.05) is 18.6 Å². The van der Waals surface area contributed by atoms with Gasteiger partial charge in [0.1, 0.15) is 0 Å². The second-order valence-corrected chi connectivity index (χ2v) is 14.7. The van der Waals surface area contributed by atoms with Crippen molar-refractivity contribution >= 4 is 33.7 Å². The first-order valence-corrected chi connectivity index (χ1v) is 18.2. The number of sulfonamides is 1. The molecule has 236 valence electrons.